The van der Waals surface area contributed by atoms with Crippen molar-refractivity contribution in [3.63, 3.8) is 0 Å². The Morgan fingerprint density at radius 2 is 1.23 bits per heavy atom. The van der Waals surface area contributed by atoms with E-state index < -0.39 is 0 Å². The van der Waals surface area contributed by atoms with E-state index in [2.05, 4.69) is 61.8 Å². The van der Waals surface area contributed by atoms with Crippen LogP contribution in [0.25, 0.3) is 0 Å². The summed E-state index contributed by atoms with van der Waals surface area (Å²) in [7, 11) is 0. The topological polar surface area (TPSA) is 18.5 Å². The molecule has 0 N–H and O–H groups in total. The Labute approximate surface area is 170 Å². The van der Waals surface area contributed by atoms with Crippen LogP contribution in [-0.2, 0) is 5.33 Å². The zero-order valence-electron chi connectivity index (χ0n) is 17.4. The summed E-state index contributed by atoms with van der Waals surface area (Å²) in [6.07, 6.45) is 9.94. The Hall–Kier alpha value is -0.700. The molecule has 0 bridgehead atoms. The minimum atomic E-state index is 0.644. The normalized spacial score (nSPS) is 13.4. The maximum atomic E-state index is 6.14. The molecule has 0 radical (unpaired) electrons. The predicted molar refractivity (Wildman–Crippen MR) is 117 cm³/mol. The minimum Gasteiger partial charge on any atom is -0.493 e. The molecule has 0 spiro atoms. The van der Waals surface area contributed by atoms with E-state index in [9.17, 15) is 0 Å². The molecule has 3 heteroatoms. The second-order valence-electron chi connectivity index (χ2n) is 7.40. The Morgan fingerprint density at radius 3 is 1.58 bits per heavy atom. The summed E-state index contributed by atoms with van der Waals surface area (Å²) in [6, 6.07) is 6.32. The van der Waals surface area contributed by atoms with Gasteiger partial charge in [0.2, 0.25) is 0 Å². The first-order valence-electron chi connectivity index (χ1n) is 10.6. The third-order valence-corrected chi connectivity index (χ3v) is 5.80. The van der Waals surface area contributed by atoms with E-state index in [1.54, 1.807) is 0 Å². The van der Waals surface area contributed by atoms with Crippen LogP contribution in [0.2, 0.25) is 0 Å². The summed E-state index contributed by atoms with van der Waals surface area (Å²) in [5.74, 6) is 3.16. The fourth-order valence-electron chi connectivity index (χ4n) is 3.10. The van der Waals surface area contributed by atoms with Crippen molar-refractivity contribution in [2.24, 2.45) is 11.8 Å². The number of benzene rings is 1. The lowest BCUT2D eigenvalue weighted by atomic mass is 10.0. The molecular weight excluding hydrogens is 388 g/mol. The molecule has 0 saturated heterocycles. The number of halogens is 1. The molecule has 0 aliphatic rings. The van der Waals surface area contributed by atoms with Gasteiger partial charge < -0.3 is 9.47 Å². The van der Waals surface area contributed by atoms with Crippen LogP contribution in [-0.4, -0.2) is 13.2 Å². The Morgan fingerprint density at radius 1 is 0.769 bits per heavy atom. The van der Waals surface area contributed by atoms with E-state index in [0.29, 0.717) is 11.8 Å². The zero-order chi connectivity index (χ0) is 19.2. The van der Waals surface area contributed by atoms with Crippen LogP contribution in [0.4, 0.5) is 0 Å². The SMILES string of the molecule is CCCCC(CC)COc1cc(CBr)cc(OCC(CC)CCCC)c1. The van der Waals surface area contributed by atoms with Crippen LogP contribution in [0.3, 0.4) is 0 Å². The minimum absolute atomic E-state index is 0.644. The highest BCUT2D eigenvalue weighted by Gasteiger charge is 2.11. The molecule has 0 aliphatic carbocycles. The van der Waals surface area contributed by atoms with Crippen LogP contribution in [0, 0.1) is 11.8 Å². The molecule has 0 amide bonds. The number of rotatable bonds is 15. The van der Waals surface area contributed by atoms with Crippen LogP contribution in [0.15, 0.2) is 18.2 Å². The smallest absolute Gasteiger partial charge is 0.123 e. The van der Waals surface area contributed by atoms with Gasteiger partial charge in [-0.15, -0.1) is 0 Å². The third-order valence-electron chi connectivity index (χ3n) is 5.15. The monoisotopic (exact) mass is 426 g/mol. The predicted octanol–water partition coefficient (Wildman–Crippen LogP) is 7.77. The Bertz CT molecular complexity index is 437. The fourth-order valence-corrected chi connectivity index (χ4v) is 3.42. The average Bonchev–Trinajstić information content (AvgIpc) is 2.68. The second kappa shape index (κ2) is 14.4. The summed E-state index contributed by atoms with van der Waals surface area (Å²) in [5.41, 5.74) is 1.21. The van der Waals surface area contributed by atoms with Crippen molar-refractivity contribution in [2.75, 3.05) is 13.2 Å². The molecule has 1 aromatic carbocycles. The van der Waals surface area contributed by atoms with Crippen LogP contribution in [0.5, 0.6) is 11.5 Å². The molecule has 1 rings (SSSR count). The average molecular weight is 427 g/mol. The molecule has 0 saturated carbocycles. The molecule has 2 unspecified atom stereocenters. The first-order chi connectivity index (χ1) is 12.7. The van der Waals surface area contributed by atoms with E-state index in [-0.39, 0.29) is 0 Å². The van der Waals surface area contributed by atoms with Crippen molar-refractivity contribution in [1.29, 1.82) is 0 Å². The third kappa shape index (κ3) is 9.30. The van der Waals surface area contributed by atoms with Crippen LogP contribution >= 0.6 is 15.9 Å². The number of alkyl halides is 1. The summed E-state index contributed by atoms with van der Waals surface area (Å²) in [6.45, 7) is 10.6. The molecule has 1 aromatic rings. The van der Waals surface area contributed by atoms with Gasteiger partial charge in [-0.3, -0.25) is 0 Å². The van der Waals surface area contributed by atoms with Crippen molar-refractivity contribution in [2.45, 2.75) is 84.4 Å². The summed E-state index contributed by atoms with van der Waals surface area (Å²) < 4.78 is 12.3. The second-order valence-corrected chi connectivity index (χ2v) is 7.96. The largest absolute Gasteiger partial charge is 0.493 e. The van der Waals surface area contributed by atoms with Gasteiger partial charge in [-0.05, 0) is 42.4 Å². The van der Waals surface area contributed by atoms with Gasteiger partial charge in [0, 0.05) is 11.4 Å². The number of hydrogen-bond donors (Lipinski definition) is 0. The van der Waals surface area contributed by atoms with E-state index in [1.165, 1.54) is 56.9 Å². The van der Waals surface area contributed by atoms with Gasteiger partial charge in [-0.2, -0.15) is 0 Å². The first kappa shape index (κ1) is 23.3. The van der Waals surface area contributed by atoms with Crippen molar-refractivity contribution < 1.29 is 9.47 Å². The standard InChI is InChI=1S/C23H39BrO2/c1-5-9-11-19(7-3)17-25-22-13-21(16-24)14-23(15-22)26-18-20(8-4)12-10-6-2/h13-15,19-20H,5-12,16-18H2,1-4H3. The van der Waals surface area contributed by atoms with Gasteiger partial charge in [0.05, 0.1) is 13.2 Å². The van der Waals surface area contributed by atoms with Gasteiger partial charge in [0.1, 0.15) is 11.5 Å². The summed E-state index contributed by atoms with van der Waals surface area (Å²) >= 11 is 3.57. The van der Waals surface area contributed by atoms with E-state index in [0.717, 1.165) is 30.0 Å². The van der Waals surface area contributed by atoms with E-state index in [4.69, 9.17) is 9.47 Å². The van der Waals surface area contributed by atoms with Crippen molar-refractivity contribution in [3.05, 3.63) is 23.8 Å². The van der Waals surface area contributed by atoms with Gasteiger partial charge in [0.25, 0.3) is 0 Å². The maximum Gasteiger partial charge on any atom is 0.123 e. The number of ether oxygens (including phenoxy) is 2. The van der Waals surface area contributed by atoms with Crippen LogP contribution in [0.1, 0.15) is 84.6 Å². The molecule has 2 atom stereocenters. The quantitative estimate of drug-likeness (QED) is 0.266. The van der Waals surface area contributed by atoms with Crippen molar-refractivity contribution in [1.82, 2.24) is 0 Å². The fraction of sp³-hybridized carbons (Fsp3) is 0.739. The molecule has 0 aliphatic heterocycles. The van der Waals surface area contributed by atoms with E-state index >= 15 is 0 Å². The molecule has 0 fully saturated rings. The molecule has 2 nitrogen and oxygen atoms in total. The van der Waals surface area contributed by atoms with E-state index in [1.807, 2.05) is 0 Å². The maximum absolute atomic E-state index is 6.14. The first-order valence-corrected chi connectivity index (χ1v) is 11.7. The lowest BCUT2D eigenvalue weighted by Crippen LogP contribution is -2.13. The molecule has 0 heterocycles. The van der Waals surface area contributed by atoms with Crippen molar-refractivity contribution >= 4 is 15.9 Å². The summed E-state index contributed by atoms with van der Waals surface area (Å²) in [5, 5.41) is 0.820. The van der Waals surface area contributed by atoms with Gasteiger partial charge >= 0.3 is 0 Å². The molecule has 150 valence electrons. The Balaban J connectivity index is 2.65. The van der Waals surface area contributed by atoms with Gasteiger partial charge in [0.15, 0.2) is 0 Å². The number of hydrogen-bond acceptors (Lipinski definition) is 2. The van der Waals surface area contributed by atoms with Gasteiger partial charge in [-0.25, -0.2) is 0 Å². The van der Waals surface area contributed by atoms with Gasteiger partial charge in [-0.1, -0.05) is 82.1 Å². The highest BCUT2D eigenvalue weighted by molar-refractivity contribution is 9.08. The van der Waals surface area contributed by atoms with Crippen molar-refractivity contribution in [3.8, 4) is 11.5 Å². The number of unbranched alkanes of at least 4 members (excludes halogenated alkanes) is 2. The molecular formula is C23H39BrO2. The lowest BCUT2D eigenvalue weighted by Gasteiger charge is -2.18. The zero-order valence-corrected chi connectivity index (χ0v) is 18.9. The highest BCUT2D eigenvalue weighted by atomic mass is 79.9. The lowest BCUT2D eigenvalue weighted by molar-refractivity contribution is 0.223. The highest BCUT2D eigenvalue weighted by Crippen LogP contribution is 2.27. The van der Waals surface area contributed by atoms with Crippen LogP contribution < -0.4 is 9.47 Å². The summed E-state index contributed by atoms with van der Waals surface area (Å²) in [4.78, 5) is 0. The molecule has 0 aromatic heterocycles. The Kier molecular flexibility index (Phi) is 12.9. The molecule has 26 heavy (non-hydrogen) atoms.